The second kappa shape index (κ2) is 7.93. The van der Waals surface area contributed by atoms with Crippen LogP contribution in [0, 0.1) is 13.8 Å². The zero-order valence-corrected chi connectivity index (χ0v) is 17.6. The number of pyridine rings is 1. The van der Waals surface area contributed by atoms with Crippen LogP contribution < -0.4 is 5.32 Å². The lowest BCUT2D eigenvalue weighted by Crippen LogP contribution is -2.30. The Balaban J connectivity index is 1.67. The van der Waals surface area contributed by atoms with Gasteiger partial charge in [-0.25, -0.2) is 18.4 Å². The molecule has 0 bridgehead atoms. The average Bonchev–Trinajstić information content (AvgIpc) is 3.41. The molecule has 1 N–H and O–H groups in total. The molecule has 31 heavy (non-hydrogen) atoms. The number of halogens is 2. The third kappa shape index (κ3) is 3.92. The summed E-state index contributed by atoms with van der Waals surface area (Å²) in [5, 5.41) is 11.7. The molecule has 4 aromatic heterocycles. The smallest absolute Gasteiger partial charge is 0.264 e. The van der Waals surface area contributed by atoms with Gasteiger partial charge in [0, 0.05) is 24.4 Å². The highest BCUT2D eigenvalue weighted by molar-refractivity contribution is 5.86. The molecule has 4 heterocycles. The molecule has 0 aliphatic carbocycles. The van der Waals surface area contributed by atoms with Crippen LogP contribution in [0.3, 0.4) is 0 Å². The molecular formula is C21H22F2N6O2. The minimum Gasteiger partial charge on any atom is -0.463 e. The summed E-state index contributed by atoms with van der Waals surface area (Å²) in [5.74, 6) is 0.0447. The minimum absolute atomic E-state index is 0.161. The van der Waals surface area contributed by atoms with Gasteiger partial charge in [-0.15, -0.1) is 0 Å². The standard InChI is InChI=1S/C21H22F2N6O2/c1-11(15-9-28(4)26-12(15)2)24-18(30)10-29-21-19(13(3)27-29)14(20(22)23)8-16(25-21)17-6-5-7-31-17/h5-9,11,20H,10H2,1-4H3,(H,24,30). The Morgan fingerprint density at radius 3 is 2.61 bits per heavy atom. The van der Waals surface area contributed by atoms with E-state index in [0.29, 0.717) is 11.5 Å². The van der Waals surface area contributed by atoms with Gasteiger partial charge in [0.2, 0.25) is 5.91 Å². The van der Waals surface area contributed by atoms with Gasteiger partial charge in [0.15, 0.2) is 11.4 Å². The maximum Gasteiger partial charge on any atom is 0.264 e. The topological polar surface area (TPSA) is 90.8 Å². The second-order valence-electron chi connectivity index (χ2n) is 7.45. The highest BCUT2D eigenvalue weighted by atomic mass is 19.3. The Hall–Kier alpha value is -3.56. The van der Waals surface area contributed by atoms with Crippen molar-refractivity contribution >= 4 is 16.9 Å². The summed E-state index contributed by atoms with van der Waals surface area (Å²) in [6, 6.07) is 4.33. The van der Waals surface area contributed by atoms with Gasteiger partial charge in [-0.2, -0.15) is 10.2 Å². The molecule has 0 radical (unpaired) electrons. The predicted molar refractivity (Wildman–Crippen MR) is 109 cm³/mol. The third-order valence-electron chi connectivity index (χ3n) is 5.11. The molecule has 8 nitrogen and oxygen atoms in total. The lowest BCUT2D eigenvalue weighted by Gasteiger charge is -2.13. The van der Waals surface area contributed by atoms with E-state index < -0.39 is 6.43 Å². The van der Waals surface area contributed by atoms with Crippen LogP contribution >= 0.6 is 0 Å². The second-order valence-corrected chi connectivity index (χ2v) is 7.45. The summed E-state index contributed by atoms with van der Waals surface area (Å²) in [6.07, 6.45) is 0.568. The van der Waals surface area contributed by atoms with E-state index in [-0.39, 0.29) is 40.8 Å². The molecule has 0 spiro atoms. The maximum atomic E-state index is 13.8. The highest BCUT2D eigenvalue weighted by Gasteiger charge is 2.23. The van der Waals surface area contributed by atoms with Crippen molar-refractivity contribution in [2.75, 3.05) is 0 Å². The van der Waals surface area contributed by atoms with Gasteiger partial charge < -0.3 is 9.73 Å². The number of aryl methyl sites for hydroxylation is 3. The summed E-state index contributed by atoms with van der Waals surface area (Å²) in [4.78, 5) is 17.2. The predicted octanol–water partition coefficient (Wildman–Crippen LogP) is 3.86. The normalized spacial score (nSPS) is 12.6. The Bertz CT molecular complexity index is 1240. The molecule has 0 saturated carbocycles. The van der Waals surface area contributed by atoms with Gasteiger partial charge in [0.1, 0.15) is 12.2 Å². The number of nitrogens with zero attached hydrogens (tertiary/aromatic N) is 5. The van der Waals surface area contributed by atoms with Crippen molar-refractivity contribution in [1.82, 2.24) is 29.9 Å². The fourth-order valence-corrected chi connectivity index (χ4v) is 3.76. The minimum atomic E-state index is -2.72. The molecular weight excluding hydrogens is 406 g/mol. The molecule has 0 aliphatic rings. The van der Waals surface area contributed by atoms with Crippen LogP contribution in [-0.2, 0) is 18.4 Å². The first kappa shape index (κ1) is 20.7. The van der Waals surface area contributed by atoms with Crippen LogP contribution in [0.15, 0.2) is 35.1 Å². The lowest BCUT2D eigenvalue weighted by molar-refractivity contribution is -0.122. The molecule has 4 aromatic rings. The number of carbonyl (C=O) groups is 1. The molecule has 0 aromatic carbocycles. The Morgan fingerprint density at radius 2 is 2.00 bits per heavy atom. The zero-order chi connectivity index (χ0) is 22.3. The highest BCUT2D eigenvalue weighted by Crippen LogP contribution is 2.33. The molecule has 162 valence electrons. The molecule has 0 fully saturated rings. The van der Waals surface area contributed by atoms with Gasteiger partial charge in [-0.3, -0.25) is 9.48 Å². The molecule has 1 amide bonds. The summed E-state index contributed by atoms with van der Waals surface area (Å²) in [5.41, 5.74) is 2.38. The van der Waals surface area contributed by atoms with Crippen molar-refractivity contribution in [3.05, 3.63) is 53.2 Å². The first-order valence-corrected chi connectivity index (χ1v) is 9.74. The van der Waals surface area contributed by atoms with Crippen molar-refractivity contribution in [3.63, 3.8) is 0 Å². The van der Waals surface area contributed by atoms with Gasteiger partial charge >= 0.3 is 0 Å². The van der Waals surface area contributed by atoms with Crippen LogP contribution in [0.5, 0.6) is 0 Å². The van der Waals surface area contributed by atoms with Gasteiger partial charge in [-0.1, -0.05) is 0 Å². The molecule has 1 atom stereocenters. The van der Waals surface area contributed by atoms with Gasteiger partial charge in [0.05, 0.1) is 29.1 Å². The lowest BCUT2D eigenvalue weighted by atomic mass is 10.1. The third-order valence-corrected chi connectivity index (χ3v) is 5.11. The van der Waals surface area contributed by atoms with E-state index in [2.05, 4.69) is 20.5 Å². The molecule has 0 aliphatic heterocycles. The quantitative estimate of drug-likeness (QED) is 0.504. The first-order chi connectivity index (χ1) is 14.7. The van der Waals surface area contributed by atoms with E-state index in [9.17, 15) is 13.6 Å². The number of furan rings is 1. The van der Waals surface area contributed by atoms with E-state index in [1.807, 2.05) is 27.1 Å². The number of alkyl halides is 2. The van der Waals surface area contributed by atoms with E-state index >= 15 is 0 Å². The molecule has 4 rings (SSSR count). The molecule has 1 unspecified atom stereocenters. The van der Waals surface area contributed by atoms with Crippen molar-refractivity contribution in [3.8, 4) is 11.5 Å². The van der Waals surface area contributed by atoms with E-state index in [1.54, 1.807) is 23.7 Å². The van der Waals surface area contributed by atoms with E-state index in [1.165, 1.54) is 17.0 Å². The number of fused-ring (bicyclic) bond motifs is 1. The fraction of sp³-hybridized carbons (Fsp3) is 0.333. The SMILES string of the molecule is Cc1nn(C)cc1C(C)NC(=O)Cn1nc(C)c2c(C(F)F)cc(-c3ccco3)nc21. The van der Waals surface area contributed by atoms with Crippen molar-refractivity contribution in [2.45, 2.75) is 39.8 Å². The zero-order valence-electron chi connectivity index (χ0n) is 17.6. The van der Waals surface area contributed by atoms with Crippen molar-refractivity contribution in [1.29, 1.82) is 0 Å². The monoisotopic (exact) mass is 428 g/mol. The summed E-state index contributed by atoms with van der Waals surface area (Å²) in [7, 11) is 1.81. The Kier molecular flexibility index (Phi) is 5.30. The van der Waals surface area contributed by atoms with Gasteiger partial charge in [0.25, 0.3) is 6.43 Å². The summed E-state index contributed by atoms with van der Waals surface area (Å²) < 4.78 is 35.9. The van der Waals surface area contributed by atoms with Crippen molar-refractivity contribution < 1.29 is 18.0 Å². The number of rotatable bonds is 6. The number of carbonyl (C=O) groups excluding carboxylic acids is 1. The van der Waals surface area contributed by atoms with Crippen LogP contribution in [0.25, 0.3) is 22.5 Å². The largest absolute Gasteiger partial charge is 0.463 e. The number of hydrogen-bond donors (Lipinski definition) is 1. The molecule has 0 saturated heterocycles. The Morgan fingerprint density at radius 1 is 1.23 bits per heavy atom. The van der Waals surface area contributed by atoms with E-state index in [4.69, 9.17) is 4.42 Å². The average molecular weight is 428 g/mol. The van der Waals surface area contributed by atoms with Crippen molar-refractivity contribution in [2.24, 2.45) is 7.05 Å². The first-order valence-electron chi connectivity index (χ1n) is 9.74. The maximum absolute atomic E-state index is 13.8. The Labute approximate surface area is 176 Å². The number of hydrogen-bond acceptors (Lipinski definition) is 5. The van der Waals surface area contributed by atoms with Crippen LogP contribution in [0.4, 0.5) is 8.78 Å². The number of nitrogens with one attached hydrogen (secondary N) is 1. The summed E-state index contributed by atoms with van der Waals surface area (Å²) >= 11 is 0. The molecule has 10 heteroatoms. The van der Waals surface area contributed by atoms with Crippen LogP contribution in [-0.4, -0.2) is 30.5 Å². The summed E-state index contributed by atoms with van der Waals surface area (Å²) in [6.45, 7) is 5.19. The van der Waals surface area contributed by atoms with E-state index in [0.717, 1.165) is 11.3 Å². The van der Waals surface area contributed by atoms with Crippen LogP contribution in [0.1, 0.15) is 41.9 Å². The number of amides is 1. The number of aromatic nitrogens is 5. The van der Waals surface area contributed by atoms with Gasteiger partial charge in [-0.05, 0) is 39.0 Å². The fourth-order valence-electron chi connectivity index (χ4n) is 3.76. The van der Waals surface area contributed by atoms with Crippen LogP contribution in [0.2, 0.25) is 0 Å².